The molecule has 0 saturated heterocycles. The van der Waals surface area contributed by atoms with Gasteiger partial charge in [0, 0.05) is 5.69 Å². The van der Waals surface area contributed by atoms with Gasteiger partial charge in [0.05, 0.1) is 24.0 Å². The van der Waals surface area contributed by atoms with Crippen LogP contribution < -0.4 is 15.4 Å². The molecular formula is C22H22N2O2. The lowest BCUT2D eigenvalue weighted by atomic mass is 10.1. The molecule has 0 radical (unpaired) electrons. The highest BCUT2D eigenvalue weighted by molar-refractivity contribution is 6.09. The maximum Gasteiger partial charge on any atom is 0.257 e. The number of aryl methyl sites for hydroxylation is 2. The van der Waals surface area contributed by atoms with Crippen molar-refractivity contribution >= 4 is 23.0 Å². The fraction of sp³-hybridized carbons (Fsp3) is 0.136. The summed E-state index contributed by atoms with van der Waals surface area (Å²) in [6.07, 6.45) is 0. The first-order valence-corrected chi connectivity index (χ1v) is 8.47. The molecule has 3 aromatic carbocycles. The number of benzene rings is 3. The van der Waals surface area contributed by atoms with E-state index in [0.717, 1.165) is 33.9 Å². The molecular weight excluding hydrogens is 324 g/mol. The summed E-state index contributed by atoms with van der Waals surface area (Å²) in [5, 5.41) is 6.34. The Hall–Kier alpha value is -3.27. The Bertz CT molecular complexity index is 915. The molecule has 0 spiro atoms. The number of hydrogen-bond donors (Lipinski definition) is 2. The number of nitrogens with one attached hydrogen (secondary N) is 2. The molecule has 0 unspecified atom stereocenters. The minimum atomic E-state index is -0.152. The molecule has 0 aliphatic heterocycles. The summed E-state index contributed by atoms with van der Waals surface area (Å²) in [5.41, 5.74) is 5.02. The molecule has 3 rings (SSSR count). The van der Waals surface area contributed by atoms with Gasteiger partial charge in [0.15, 0.2) is 0 Å². The molecule has 4 nitrogen and oxygen atoms in total. The second-order valence-electron chi connectivity index (χ2n) is 6.09. The monoisotopic (exact) mass is 346 g/mol. The molecule has 0 atom stereocenters. The Balaban J connectivity index is 1.91. The molecule has 1 amide bonds. The Morgan fingerprint density at radius 2 is 1.42 bits per heavy atom. The molecule has 0 heterocycles. The van der Waals surface area contributed by atoms with Crippen molar-refractivity contribution in [1.82, 2.24) is 0 Å². The number of rotatable bonds is 5. The van der Waals surface area contributed by atoms with Crippen molar-refractivity contribution in [2.45, 2.75) is 13.8 Å². The van der Waals surface area contributed by atoms with E-state index in [1.807, 2.05) is 74.5 Å². The van der Waals surface area contributed by atoms with Crippen LogP contribution in [-0.4, -0.2) is 13.0 Å². The van der Waals surface area contributed by atoms with Crippen molar-refractivity contribution in [3.63, 3.8) is 0 Å². The highest BCUT2D eigenvalue weighted by Gasteiger charge is 2.14. The zero-order valence-electron chi connectivity index (χ0n) is 15.2. The van der Waals surface area contributed by atoms with E-state index in [9.17, 15) is 4.79 Å². The van der Waals surface area contributed by atoms with Crippen molar-refractivity contribution in [3.8, 4) is 5.75 Å². The molecule has 0 bridgehead atoms. The fourth-order valence-electron chi connectivity index (χ4n) is 2.88. The van der Waals surface area contributed by atoms with Gasteiger partial charge in [-0.25, -0.2) is 0 Å². The molecule has 0 aliphatic carbocycles. The van der Waals surface area contributed by atoms with Gasteiger partial charge in [-0.2, -0.15) is 0 Å². The molecule has 0 saturated carbocycles. The van der Waals surface area contributed by atoms with Gasteiger partial charge in [0.2, 0.25) is 0 Å². The second-order valence-corrected chi connectivity index (χ2v) is 6.09. The molecule has 0 aromatic heterocycles. The third-order valence-corrected chi connectivity index (χ3v) is 4.27. The van der Waals surface area contributed by atoms with E-state index in [0.29, 0.717) is 5.56 Å². The number of amides is 1. The van der Waals surface area contributed by atoms with Crippen molar-refractivity contribution in [2.24, 2.45) is 0 Å². The van der Waals surface area contributed by atoms with Gasteiger partial charge in [0.25, 0.3) is 5.91 Å². The van der Waals surface area contributed by atoms with E-state index in [2.05, 4.69) is 10.6 Å². The third-order valence-electron chi connectivity index (χ3n) is 4.27. The van der Waals surface area contributed by atoms with E-state index in [4.69, 9.17) is 4.74 Å². The summed E-state index contributed by atoms with van der Waals surface area (Å²) in [6, 6.07) is 21.0. The van der Waals surface area contributed by atoms with Crippen LogP contribution in [0.4, 0.5) is 17.1 Å². The molecule has 3 aromatic rings. The van der Waals surface area contributed by atoms with Crippen LogP contribution in [0.1, 0.15) is 21.5 Å². The van der Waals surface area contributed by atoms with Crippen LogP contribution in [0.25, 0.3) is 0 Å². The zero-order chi connectivity index (χ0) is 18.5. The number of methoxy groups -OCH3 is 1. The summed E-state index contributed by atoms with van der Waals surface area (Å²) < 4.78 is 5.38. The van der Waals surface area contributed by atoms with Crippen molar-refractivity contribution in [1.29, 1.82) is 0 Å². The van der Waals surface area contributed by atoms with Gasteiger partial charge < -0.3 is 15.4 Å². The van der Waals surface area contributed by atoms with Gasteiger partial charge in [-0.15, -0.1) is 0 Å². The quantitative estimate of drug-likeness (QED) is 0.658. The second kappa shape index (κ2) is 7.74. The van der Waals surface area contributed by atoms with Gasteiger partial charge in [-0.1, -0.05) is 42.5 Å². The van der Waals surface area contributed by atoms with Crippen LogP contribution in [0.5, 0.6) is 5.75 Å². The predicted molar refractivity (Wildman–Crippen MR) is 107 cm³/mol. The Morgan fingerprint density at radius 3 is 2.12 bits per heavy atom. The smallest absolute Gasteiger partial charge is 0.257 e. The number of carbonyl (C=O) groups is 1. The lowest BCUT2D eigenvalue weighted by Gasteiger charge is -2.16. The first-order valence-electron chi connectivity index (χ1n) is 8.47. The Morgan fingerprint density at radius 1 is 0.808 bits per heavy atom. The molecule has 0 fully saturated rings. The van der Waals surface area contributed by atoms with Crippen LogP contribution >= 0.6 is 0 Å². The third kappa shape index (κ3) is 3.70. The fourth-order valence-corrected chi connectivity index (χ4v) is 2.88. The minimum Gasteiger partial charge on any atom is -0.495 e. The van der Waals surface area contributed by atoms with Crippen molar-refractivity contribution < 1.29 is 9.53 Å². The van der Waals surface area contributed by atoms with E-state index in [-0.39, 0.29) is 5.91 Å². The van der Waals surface area contributed by atoms with Crippen LogP contribution in [0.2, 0.25) is 0 Å². The van der Waals surface area contributed by atoms with E-state index in [1.54, 1.807) is 13.2 Å². The molecule has 0 aliphatic rings. The van der Waals surface area contributed by atoms with Crippen molar-refractivity contribution in [2.75, 3.05) is 17.7 Å². The minimum absolute atomic E-state index is 0.152. The standard InChI is InChI=1S/C22H22N2O2/c1-15-9-8-10-16(2)21(15)24-22(25)17-11-4-5-12-18(17)23-19-13-6-7-14-20(19)26-3/h4-14,23H,1-3H3,(H,24,25). The first kappa shape index (κ1) is 17.5. The summed E-state index contributed by atoms with van der Waals surface area (Å²) in [5.74, 6) is 0.567. The molecule has 26 heavy (non-hydrogen) atoms. The number of carbonyl (C=O) groups excluding carboxylic acids is 1. The summed E-state index contributed by atoms with van der Waals surface area (Å²) in [7, 11) is 1.63. The zero-order valence-corrected chi connectivity index (χ0v) is 15.2. The van der Waals surface area contributed by atoms with E-state index >= 15 is 0 Å². The highest BCUT2D eigenvalue weighted by Crippen LogP contribution is 2.29. The lowest BCUT2D eigenvalue weighted by molar-refractivity contribution is 0.102. The number of ether oxygens (including phenoxy) is 1. The maximum absolute atomic E-state index is 12.9. The summed E-state index contributed by atoms with van der Waals surface area (Å²) >= 11 is 0. The predicted octanol–water partition coefficient (Wildman–Crippen LogP) is 5.31. The lowest BCUT2D eigenvalue weighted by Crippen LogP contribution is -2.15. The van der Waals surface area contributed by atoms with Crippen molar-refractivity contribution in [3.05, 3.63) is 83.4 Å². The van der Waals surface area contributed by atoms with Gasteiger partial charge in [0.1, 0.15) is 5.75 Å². The maximum atomic E-state index is 12.9. The van der Waals surface area contributed by atoms with Crippen LogP contribution in [0.15, 0.2) is 66.7 Å². The van der Waals surface area contributed by atoms with Gasteiger partial charge >= 0.3 is 0 Å². The topological polar surface area (TPSA) is 50.4 Å². The Kier molecular flexibility index (Phi) is 5.23. The average molecular weight is 346 g/mol. The Labute approximate surface area is 153 Å². The number of hydrogen-bond acceptors (Lipinski definition) is 3. The highest BCUT2D eigenvalue weighted by atomic mass is 16.5. The van der Waals surface area contributed by atoms with Crippen LogP contribution in [-0.2, 0) is 0 Å². The van der Waals surface area contributed by atoms with Gasteiger partial charge in [-0.05, 0) is 49.2 Å². The van der Waals surface area contributed by atoms with Crippen LogP contribution in [0.3, 0.4) is 0 Å². The number of anilines is 3. The first-order chi connectivity index (χ1) is 12.6. The van der Waals surface area contributed by atoms with E-state index < -0.39 is 0 Å². The SMILES string of the molecule is COc1ccccc1Nc1ccccc1C(=O)Nc1c(C)cccc1C. The molecule has 132 valence electrons. The summed E-state index contributed by atoms with van der Waals surface area (Å²) in [6.45, 7) is 3.98. The largest absolute Gasteiger partial charge is 0.495 e. The average Bonchev–Trinajstić information content (AvgIpc) is 2.65. The molecule has 2 N–H and O–H groups in total. The van der Waals surface area contributed by atoms with Crippen LogP contribution in [0, 0.1) is 13.8 Å². The normalized spacial score (nSPS) is 10.3. The summed E-state index contributed by atoms with van der Waals surface area (Å²) in [4.78, 5) is 12.9. The number of para-hydroxylation sites is 4. The van der Waals surface area contributed by atoms with Gasteiger partial charge in [-0.3, -0.25) is 4.79 Å². The van der Waals surface area contributed by atoms with E-state index in [1.165, 1.54) is 0 Å². The molecule has 4 heteroatoms.